The molecule has 1 aromatic rings. The Morgan fingerprint density at radius 2 is 1.91 bits per heavy atom. The van der Waals surface area contributed by atoms with Crippen LogP contribution < -0.4 is 14.7 Å². The van der Waals surface area contributed by atoms with Gasteiger partial charge in [-0.2, -0.15) is 0 Å². The van der Waals surface area contributed by atoms with Crippen molar-refractivity contribution in [3.63, 3.8) is 0 Å². The Kier molecular flexibility index (Phi) is 2.54. The first-order valence-corrected chi connectivity index (χ1v) is 3.72. The van der Waals surface area contributed by atoms with Crippen LogP contribution in [-0.4, -0.2) is 24.5 Å². The lowest BCUT2D eigenvalue weighted by Crippen LogP contribution is -2.07. The Bertz CT molecular complexity index is 248. The zero-order valence-corrected chi connectivity index (χ0v) is 7.55. The van der Waals surface area contributed by atoms with Crippen molar-refractivity contribution in [3.05, 3.63) is 18.2 Å². The second-order valence-electron chi connectivity index (χ2n) is 2.04. The van der Waals surface area contributed by atoms with Crippen molar-refractivity contribution in [1.82, 2.24) is 0 Å². The van der Waals surface area contributed by atoms with Gasteiger partial charge in [-0.05, 0) is 11.3 Å². The van der Waals surface area contributed by atoms with E-state index in [9.17, 15) is 0 Å². The van der Waals surface area contributed by atoms with Crippen LogP contribution in [-0.2, 0) is 0 Å². The van der Waals surface area contributed by atoms with E-state index in [0.717, 1.165) is 16.7 Å². The van der Waals surface area contributed by atoms with E-state index in [1.165, 1.54) is 0 Å². The molecule has 0 heterocycles. The Hall–Kier alpha value is -0.963. The molecule has 2 nitrogen and oxygen atoms in total. The summed E-state index contributed by atoms with van der Waals surface area (Å²) in [6, 6.07) is 5.64. The van der Waals surface area contributed by atoms with Crippen molar-refractivity contribution < 1.29 is 9.47 Å². The number of rotatable bonds is 2. The quantitative estimate of drug-likeness (QED) is 0.594. The topological polar surface area (TPSA) is 18.5 Å². The molecule has 0 aromatic heterocycles. The highest BCUT2D eigenvalue weighted by Crippen LogP contribution is 2.22. The first kappa shape index (κ1) is 8.14. The second kappa shape index (κ2) is 3.43. The van der Waals surface area contributed by atoms with Crippen LogP contribution in [0.3, 0.4) is 0 Å². The number of methoxy groups -OCH3 is 2. The van der Waals surface area contributed by atoms with Crippen LogP contribution in [0.4, 0.5) is 0 Å². The third-order valence-corrected chi connectivity index (χ3v) is 1.80. The third-order valence-electron chi connectivity index (χ3n) is 1.40. The minimum absolute atomic E-state index is 0.728. The predicted octanol–water partition coefficient (Wildman–Crippen LogP) is 0.498. The summed E-state index contributed by atoms with van der Waals surface area (Å²) < 4.78 is 10.2. The zero-order chi connectivity index (χ0) is 8.27. The molecule has 0 amide bonds. The van der Waals surface area contributed by atoms with E-state index in [2.05, 4.69) is 10.2 Å². The van der Waals surface area contributed by atoms with E-state index >= 15 is 0 Å². The van der Waals surface area contributed by atoms with Gasteiger partial charge in [-0.25, -0.2) is 0 Å². The van der Waals surface area contributed by atoms with Gasteiger partial charge in [0, 0.05) is 0 Å². The number of benzene rings is 1. The summed E-state index contributed by atoms with van der Waals surface area (Å²) in [6.45, 7) is 0. The van der Waals surface area contributed by atoms with Crippen LogP contribution in [0.2, 0.25) is 0 Å². The molecule has 1 rings (SSSR count). The summed E-state index contributed by atoms with van der Waals surface area (Å²) in [5.74, 6) is 1.46. The molecule has 11 heavy (non-hydrogen) atoms. The van der Waals surface area contributed by atoms with E-state index in [-0.39, 0.29) is 0 Å². The molecule has 3 radical (unpaired) electrons. The molecule has 0 atom stereocenters. The molecule has 0 saturated carbocycles. The molecule has 0 unspecified atom stereocenters. The number of hydrogen-bond acceptors (Lipinski definition) is 2. The fraction of sp³-hybridized carbons (Fsp3) is 0.250. The van der Waals surface area contributed by atoms with Crippen LogP contribution >= 0.6 is 0 Å². The summed E-state index contributed by atoms with van der Waals surface area (Å²) in [5, 5.41) is 0.895. The standard InChI is InChI=1S/C8H9O2Si/c1-9-6-4-3-5-7(11)8(6)10-2/h3-5H,1-2H3. The Morgan fingerprint density at radius 3 is 2.36 bits per heavy atom. The van der Waals surface area contributed by atoms with Crippen molar-refractivity contribution in [1.29, 1.82) is 0 Å². The average Bonchev–Trinajstić information content (AvgIpc) is 2.04. The maximum atomic E-state index is 5.09. The lowest BCUT2D eigenvalue weighted by atomic mass is 10.3. The molecule has 1 aromatic carbocycles. The lowest BCUT2D eigenvalue weighted by Gasteiger charge is -2.08. The van der Waals surface area contributed by atoms with Gasteiger partial charge < -0.3 is 9.47 Å². The van der Waals surface area contributed by atoms with E-state index < -0.39 is 0 Å². The molecule has 0 saturated heterocycles. The maximum absolute atomic E-state index is 5.09. The van der Waals surface area contributed by atoms with Gasteiger partial charge in [0.25, 0.3) is 0 Å². The number of ether oxygens (including phenoxy) is 2. The fourth-order valence-electron chi connectivity index (χ4n) is 0.887. The molecular weight excluding hydrogens is 156 g/mol. The van der Waals surface area contributed by atoms with Crippen molar-refractivity contribution >= 4 is 15.4 Å². The van der Waals surface area contributed by atoms with Crippen molar-refractivity contribution in [2.75, 3.05) is 14.2 Å². The van der Waals surface area contributed by atoms with E-state index in [1.807, 2.05) is 18.2 Å². The van der Waals surface area contributed by atoms with Crippen molar-refractivity contribution in [2.24, 2.45) is 0 Å². The highest BCUT2D eigenvalue weighted by atomic mass is 28.1. The highest BCUT2D eigenvalue weighted by Gasteiger charge is 2.03. The number of para-hydroxylation sites is 1. The first-order valence-electron chi connectivity index (χ1n) is 3.22. The summed E-state index contributed by atoms with van der Waals surface area (Å²) in [7, 11) is 6.62. The van der Waals surface area contributed by atoms with Gasteiger partial charge in [0.1, 0.15) is 0 Å². The molecule has 0 spiro atoms. The second-order valence-corrected chi connectivity index (χ2v) is 2.58. The monoisotopic (exact) mass is 165 g/mol. The van der Waals surface area contributed by atoms with Gasteiger partial charge in [-0.3, -0.25) is 0 Å². The highest BCUT2D eigenvalue weighted by molar-refractivity contribution is 6.34. The smallest absolute Gasteiger partial charge is 0.160 e. The SMILES string of the molecule is COc1cccc([Si])c1OC. The van der Waals surface area contributed by atoms with Crippen LogP contribution in [0, 0.1) is 0 Å². The number of hydrogen-bond donors (Lipinski definition) is 0. The van der Waals surface area contributed by atoms with E-state index in [0.29, 0.717) is 0 Å². The van der Waals surface area contributed by atoms with Gasteiger partial charge in [-0.15, -0.1) is 0 Å². The molecule has 0 N–H and O–H groups in total. The molecule has 0 aliphatic heterocycles. The summed E-state index contributed by atoms with van der Waals surface area (Å²) in [5.41, 5.74) is 0. The van der Waals surface area contributed by atoms with Gasteiger partial charge in [0.2, 0.25) is 0 Å². The lowest BCUT2D eigenvalue weighted by molar-refractivity contribution is 0.357. The minimum Gasteiger partial charge on any atom is -0.493 e. The van der Waals surface area contributed by atoms with Gasteiger partial charge in [0.05, 0.1) is 24.5 Å². The summed E-state index contributed by atoms with van der Waals surface area (Å²) in [4.78, 5) is 0. The van der Waals surface area contributed by atoms with Crippen LogP contribution in [0.15, 0.2) is 18.2 Å². The van der Waals surface area contributed by atoms with E-state index in [4.69, 9.17) is 9.47 Å². The Balaban J connectivity index is 3.13. The van der Waals surface area contributed by atoms with Crippen LogP contribution in [0.5, 0.6) is 11.5 Å². The van der Waals surface area contributed by atoms with Gasteiger partial charge >= 0.3 is 0 Å². The van der Waals surface area contributed by atoms with Crippen LogP contribution in [0.1, 0.15) is 0 Å². The Morgan fingerprint density at radius 1 is 1.18 bits per heavy atom. The average molecular weight is 165 g/mol. The fourth-order valence-corrected chi connectivity index (χ4v) is 1.21. The Labute approximate surface area is 69.6 Å². The minimum atomic E-state index is 0.728. The first-order chi connectivity index (χ1) is 5.29. The van der Waals surface area contributed by atoms with Crippen molar-refractivity contribution in [3.8, 4) is 11.5 Å². The van der Waals surface area contributed by atoms with Crippen LogP contribution in [0.25, 0.3) is 0 Å². The predicted molar refractivity (Wildman–Crippen MR) is 44.9 cm³/mol. The van der Waals surface area contributed by atoms with Gasteiger partial charge in [-0.1, -0.05) is 12.1 Å². The zero-order valence-electron chi connectivity index (χ0n) is 6.55. The molecule has 0 aliphatic rings. The largest absolute Gasteiger partial charge is 0.493 e. The van der Waals surface area contributed by atoms with Gasteiger partial charge in [0.15, 0.2) is 11.5 Å². The molecular formula is C8H9O2Si. The van der Waals surface area contributed by atoms with Crippen molar-refractivity contribution in [2.45, 2.75) is 0 Å². The molecule has 0 fully saturated rings. The molecule has 0 aliphatic carbocycles. The molecule has 0 bridgehead atoms. The van der Waals surface area contributed by atoms with E-state index in [1.54, 1.807) is 14.2 Å². The molecule has 57 valence electrons. The summed E-state index contributed by atoms with van der Waals surface area (Å²) >= 11 is 0. The normalized spacial score (nSPS) is 9.36. The maximum Gasteiger partial charge on any atom is 0.160 e. The third kappa shape index (κ3) is 1.54. The molecule has 3 heteroatoms. The summed E-state index contributed by atoms with van der Waals surface area (Å²) in [6.07, 6.45) is 0.